The Balaban J connectivity index is 1.84. The van der Waals surface area contributed by atoms with E-state index in [1.165, 1.54) is 0 Å². The predicted molar refractivity (Wildman–Crippen MR) is 159 cm³/mol. The molecule has 208 valence electrons. The maximum absolute atomic E-state index is 14.1. The fourth-order valence-electron chi connectivity index (χ4n) is 6.15. The number of amides is 4. The molecule has 1 aliphatic rings. The van der Waals surface area contributed by atoms with Crippen LogP contribution < -0.4 is 9.80 Å². The van der Waals surface area contributed by atoms with Crippen molar-refractivity contribution >= 4 is 23.4 Å². The molecule has 0 spiro atoms. The molecule has 6 nitrogen and oxygen atoms in total. The first-order chi connectivity index (χ1) is 18.4. The molecule has 0 unspecified atom stereocenters. The molecule has 4 amide bonds. The molecule has 0 atom stereocenters. The smallest absolute Gasteiger partial charge is 0.321 e. The van der Waals surface area contributed by atoms with E-state index in [1.807, 2.05) is 80.3 Å². The Hall–Kier alpha value is -3.02. The summed E-state index contributed by atoms with van der Waals surface area (Å²) < 4.78 is 0. The van der Waals surface area contributed by atoms with Crippen LogP contribution in [0.3, 0.4) is 0 Å². The molecule has 6 heteroatoms. The summed E-state index contributed by atoms with van der Waals surface area (Å²) in [6.07, 6.45) is 5.32. The van der Waals surface area contributed by atoms with Crippen LogP contribution in [0.5, 0.6) is 0 Å². The lowest BCUT2D eigenvalue weighted by molar-refractivity contribution is 0.140. The number of carbonyl (C=O) groups is 2. The maximum Gasteiger partial charge on any atom is 0.325 e. The average Bonchev–Trinajstić information content (AvgIpc) is 2.99. The number of anilines is 2. The third-order valence-electron chi connectivity index (χ3n) is 9.13. The zero-order valence-electron chi connectivity index (χ0n) is 24.4. The number of para-hydroxylation sites is 2. The Morgan fingerprint density at radius 2 is 0.816 bits per heavy atom. The third-order valence-corrected chi connectivity index (χ3v) is 9.13. The van der Waals surface area contributed by atoms with Gasteiger partial charge in [-0.3, -0.25) is 9.80 Å². The van der Waals surface area contributed by atoms with Crippen LogP contribution in [0, 0.1) is 0 Å². The van der Waals surface area contributed by atoms with Crippen LogP contribution in [-0.2, 0) is 0 Å². The van der Waals surface area contributed by atoms with Gasteiger partial charge in [0.1, 0.15) is 0 Å². The molecule has 3 rings (SSSR count). The lowest BCUT2D eigenvalue weighted by Gasteiger charge is -2.48. The van der Waals surface area contributed by atoms with Gasteiger partial charge in [0.05, 0.1) is 0 Å². The molecule has 0 N–H and O–H groups in total. The van der Waals surface area contributed by atoms with Crippen LogP contribution in [0.15, 0.2) is 60.7 Å². The van der Waals surface area contributed by atoms with Crippen LogP contribution in [-0.4, -0.2) is 59.1 Å². The van der Waals surface area contributed by atoms with Crippen molar-refractivity contribution in [3.05, 3.63) is 60.7 Å². The molecule has 2 aromatic carbocycles. The summed E-state index contributed by atoms with van der Waals surface area (Å²) in [7, 11) is 0. The Bertz CT molecular complexity index is 910. The topological polar surface area (TPSA) is 47.1 Å². The SMILES string of the molecule is CCC(CC)(CC)N(C(=O)N1CCN(C(=O)N(c2ccccc2)C(CC)(CC)CC)CC1)c1ccccc1. The normalized spacial score (nSPS) is 14.4. The van der Waals surface area contributed by atoms with Crippen LogP contribution in [0.25, 0.3) is 0 Å². The monoisotopic (exact) mass is 520 g/mol. The summed E-state index contributed by atoms with van der Waals surface area (Å²) in [4.78, 5) is 36.1. The summed E-state index contributed by atoms with van der Waals surface area (Å²) in [5, 5.41) is 0. The van der Waals surface area contributed by atoms with E-state index in [-0.39, 0.29) is 23.1 Å². The molecule has 0 radical (unpaired) electrons. The van der Waals surface area contributed by atoms with Crippen molar-refractivity contribution in [1.29, 1.82) is 0 Å². The Morgan fingerprint density at radius 3 is 1.05 bits per heavy atom. The van der Waals surface area contributed by atoms with Crippen molar-refractivity contribution in [2.45, 2.75) is 91.1 Å². The Kier molecular flexibility index (Phi) is 10.2. The summed E-state index contributed by atoms with van der Waals surface area (Å²) >= 11 is 0. The van der Waals surface area contributed by atoms with Crippen LogP contribution >= 0.6 is 0 Å². The predicted octanol–water partition coefficient (Wildman–Crippen LogP) is 7.79. The summed E-state index contributed by atoms with van der Waals surface area (Å²) in [5.41, 5.74) is 1.41. The van der Waals surface area contributed by atoms with E-state index < -0.39 is 0 Å². The van der Waals surface area contributed by atoms with Gasteiger partial charge in [-0.2, -0.15) is 0 Å². The van der Waals surface area contributed by atoms with Gasteiger partial charge in [0, 0.05) is 48.6 Å². The van der Waals surface area contributed by atoms with Crippen molar-refractivity contribution in [3.8, 4) is 0 Å². The molecule has 0 aromatic heterocycles. The van der Waals surface area contributed by atoms with Crippen molar-refractivity contribution in [1.82, 2.24) is 9.80 Å². The van der Waals surface area contributed by atoms with Gasteiger partial charge in [-0.15, -0.1) is 0 Å². The summed E-state index contributed by atoms with van der Waals surface area (Å²) in [6.45, 7) is 15.2. The highest BCUT2D eigenvalue weighted by Crippen LogP contribution is 2.36. The minimum atomic E-state index is -0.238. The van der Waals surface area contributed by atoms with Crippen molar-refractivity contribution < 1.29 is 9.59 Å². The molecule has 1 fully saturated rings. The van der Waals surface area contributed by atoms with E-state index in [9.17, 15) is 9.59 Å². The summed E-state index contributed by atoms with van der Waals surface area (Å²) in [5.74, 6) is 0. The second-order valence-corrected chi connectivity index (χ2v) is 10.5. The highest BCUT2D eigenvalue weighted by Gasteiger charge is 2.42. The highest BCUT2D eigenvalue weighted by molar-refractivity contribution is 5.95. The van der Waals surface area contributed by atoms with Crippen LogP contribution in [0.2, 0.25) is 0 Å². The van der Waals surface area contributed by atoms with Gasteiger partial charge in [0.25, 0.3) is 0 Å². The number of hydrogen-bond acceptors (Lipinski definition) is 2. The quantitative estimate of drug-likeness (QED) is 0.321. The van der Waals surface area contributed by atoms with Crippen molar-refractivity contribution in [2.24, 2.45) is 0 Å². The van der Waals surface area contributed by atoms with E-state index in [0.717, 1.165) is 49.9 Å². The number of rotatable bonds is 10. The molecule has 0 aliphatic carbocycles. The number of piperazine rings is 1. The second kappa shape index (κ2) is 13.2. The number of hydrogen-bond donors (Lipinski definition) is 0. The van der Waals surface area contributed by atoms with Gasteiger partial charge in [-0.05, 0) is 62.8 Å². The molecule has 38 heavy (non-hydrogen) atoms. The summed E-state index contributed by atoms with van der Waals surface area (Å²) in [6, 6.07) is 20.2. The lowest BCUT2D eigenvalue weighted by atomic mass is 9.87. The first-order valence-electron chi connectivity index (χ1n) is 14.6. The van der Waals surface area contributed by atoms with Crippen molar-refractivity contribution in [2.75, 3.05) is 36.0 Å². The van der Waals surface area contributed by atoms with Gasteiger partial charge in [-0.1, -0.05) is 77.9 Å². The van der Waals surface area contributed by atoms with Gasteiger partial charge < -0.3 is 9.80 Å². The zero-order valence-corrected chi connectivity index (χ0v) is 24.4. The minimum absolute atomic E-state index is 0.0405. The van der Waals surface area contributed by atoms with Gasteiger partial charge in [-0.25, -0.2) is 9.59 Å². The number of benzene rings is 2. The Labute approximate surface area is 230 Å². The maximum atomic E-state index is 14.1. The molecule has 1 aliphatic heterocycles. The van der Waals surface area contributed by atoms with E-state index in [0.29, 0.717) is 26.2 Å². The highest BCUT2D eigenvalue weighted by atomic mass is 16.2. The molecular weight excluding hydrogens is 472 g/mol. The van der Waals surface area contributed by atoms with Crippen molar-refractivity contribution in [3.63, 3.8) is 0 Å². The molecule has 2 aromatic rings. The molecule has 0 bridgehead atoms. The van der Waals surface area contributed by atoms with Gasteiger partial charge in [0.2, 0.25) is 0 Å². The first-order valence-corrected chi connectivity index (χ1v) is 14.6. The van der Waals surface area contributed by atoms with E-state index in [4.69, 9.17) is 0 Å². The fraction of sp³-hybridized carbons (Fsp3) is 0.562. The third kappa shape index (κ3) is 5.69. The minimum Gasteiger partial charge on any atom is -0.321 e. The van der Waals surface area contributed by atoms with E-state index >= 15 is 0 Å². The lowest BCUT2D eigenvalue weighted by Crippen LogP contribution is -2.62. The Morgan fingerprint density at radius 1 is 0.553 bits per heavy atom. The van der Waals surface area contributed by atoms with E-state index in [2.05, 4.69) is 41.5 Å². The second-order valence-electron chi connectivity index (χ2n) is 10.5. The van der Waals surface area contributed by atoms with Gasteiger partial charge >= 0.3 is 12.1 Å². The average molecular weight is 521 g/mol. The van der Waals surface area contributed by atoms with Gasteiger partial charge in [0.15, 0.2) is 0 Å². The molecule has 0 saturated carbocycles. The molecule has 1 heterocycles. The molecule has 1 saturated heterocycles. The van der Waals surface area contributed by atoms with Crippen LogP contribution in [0.4, 0.5) is 21.0 Å². The number of urea groups is 2. The van der Waals surface area contributed by atoms with Crippen LogP contribution in [0.1, 0.15) is 80.1 Å². The fourth-order valence-corrected chi connectivity index (χ4v) is 6.15. The standard InChI is InChI=1S/C32H48N4O2/c1-7-31(8-2,9-3)35(27-19-15-13-16-20-27)29(37)33-23-25-34(26-24-33)30(38)36(28-21-17-14-18-22-28)32(10-4,11-5)12-6/h13-22H,7-12,23-26H2,1-6H3. The number of carbonyl (C=O) groups excluding carboxylic acids is 2. The van der Waals surface area contributed by atoms with E-state index in [1.54, 1.807) is 0 Å². The number of nitrogens with zero attached hydrogens (tertiary/aromatic N) is 4. The first kappa shape index (κ1) is 29.5. The molecular formula is C32H48N4O2. The largest absolute Gasteiger partial charge is 0.325 e. The zero-order chi connectivity index (χ0) is 27.8.